The van der Waals surface area contributed by atoms with Crippen molar-refractivity contribution in [1.29, 1.82) is 5.26 Å². The van der Waals surface area contributed by atoms with Crippen molar-refractivity contribution in [2.75, 3.05) is 0 Å². The van der Waals surface area contributed by atoms with E-state index in [1.165, 1.54) is 29.3 Å². The van der Waals surface area contributed by atoms with Crippen LogP contribution in [-0.2, 0) is 6.54 Å². The van der Waals surface area contributed by atoms with Gasteiger partial charge < -0.3 is 16.0 Å². The van der Waals surface area contributed by atoms with Crippen LogP contribution in [-0.4, -0.2) is 4.57 Å². The van der Waals surface area contributed by atoms with Gasteiger partial charge in [-0.3, -0.25) is 0 Å². The van der Waals surface area contributed by atoms with Crippen molar-refractivity contribution in [2.24, 2.45) is 17.4 Å². The topological polar surface area (TPSA) is 80.8 Å². The lowest BCUT2D eigenvalue weighted by molar-refractivity contribution is 0.664. The van der Waals surface area contributed by atoms with Crippen LogP contribution in [0.2, 0.25) is 0 Å². The van der Waals surface area contributed by atoms with Gasteiger partial charge in [-0.25, -0.2) is 0 Å². The Morgan fingerprint density at radius 2 is 1.83 bits per heavy atom. The lowest BCUT2D eigenvalue weighted by Gasteiger charge is -2.07. The molecule has 0 bridgehead atoms. The number of aromatic nitrogens is 1. The van der Waals surface area contributed by atoms with Gasteiger partial charge in [0.25, 0.3) is 0 Å². The van der Waals surface area contributed by atoms with Gasteiger partial charge in [0.05, 0.1) is 5.70 Å². The molecule has 0 radical (unpaired) electrons. The molecule has 0 unspecified atom stereocenters. The van der Waals surface area contributed by atoms with Crippen molar-refractivity contribution in [3.8, 4) is 6.07 Å². The van der Waals surface area contributed by atoms with E-state index in [9.17, 15) is 0 Å². The SMILES string of the molecule is N#C/C(N)=C(/N)c1ccc2c(c1)c1ccccc1n2CC1CC1. The Labute approximate surface area is 134 Å². The summed E-state index contributed by atoms with van der Waals surface area (Å²) in [6.07, 6.45) is 2.64. The largest absolute Gasteiger partial charge is 0.396 e. The Bertz CT molecular complexity index is 984. The van der Waals surface area contributed by atoms with Gasteiger partial charge in [-0.1, -0.05) is 24.3 Å². The van der Waals surface area contributed by atoms with Crippen molar-refractivity contribution in [2.45, 2.75) is 19.4 Å². The molecule has 0 amide bonds. The first-order valence-electron chi connectivity index (χ1n) is 7.85. The molecule has 4 rings (SSSR count). The molecule has 1 aliphatic carbocycles. The normalized spacial score (nSPS) is 15.6. The van der Waals surface area contributed by atoms with Crippen LogP contribution in [0.5, 0.6) is 0 Å². The standard InChI is InChI=1S/C19H18N4/c20-10-16(21)19(22)13-7-8-18-15(9-13)14-3-1-2-4-17(14)23(18)11-12-5-6-12/h1-4,7-9,12H,5-6,11,21-22H2/b19-16-. The molecule has 0 aliphatic heterocycles. The number of allylic oxidation sites excluding steroid dienone is 1. The van der Waals surface area contributed by atoms with E-state index >= 15 is 0 Å². The number of rotatable bonds is 3. The molecule has 114 valence electrons. The average Bonchev–Trinajstić information content (AvgIpc) is 3.37. The van der Waals surface area contributed by atoms with E-state index in [2.05, 4.69) is 34.9 Å². The van der Waals surface area contributed by atoms with Crippen LogP contribution in [0, 0.1) is 17.2 Å². The van der Waals surface area contributed by atoms with E-state index in [4.69, 9.17) is 16.7 Å². The highest BCUT2D eigenvalue weighted by molar-refractivity contribution is 6.08. The third kappa shape index (κ3) is 2.22. The molecule has 1 saturated carbocycles. The molecule has 0 atom stereocenters. The van der Waals surface area contributed by atoms with Crippen LogP contribution >= 0.6 is 0 Å². The second-order valence-electron chi connectivity index (χ2n) is 6.24. The molecule has 1 heterocycles. The molecule has 0 saturated heterocycles. The molecule has 1 aliphatic rings. The first-order valence-corrected chi connectivity index (χ1v) is 7.85. The number of hydrogen-bond donors (Lipinski definition) is 2. The number of nitrogens with two attached hydrogens (primary N) is 2. The quantitative estimate of drug-likeness (QED) is 0.728. The van der Waals surface area contributed by atoms with E-state index in [1.54, 1.807) is 0 Å². The van der Waals surface area contributed by atoms with Crippen LogP contribution in [0.25, 0.3) is 27.5 Å². The molecule has 4 nitrogen and oxygen atoms in total. The van der Waals surface area contributed by atoms with Gasteiger partial charge in [0.1, 0.15) is 11.8 Å². The first kappa shape index (κ1) is 13.7. The van der Waals surface area contributed by atoms with Crippen LogP contribution in [0.1, 0.15) is 18.4 Å². The van der Waals surface area contributed by atoms with E-state index in [-0.39, 0.29) is 5.70 Å². The van der Waals surface area contributed by atoms with Crippen LogP contribution in [0.15, 0.2) is 48.2 Å². The molecule has 4 heteroatoms. The predicted octanol–water partition coefficient (Wildman–Crippen LogP) is 3.31. The van der Waals surface area contributed by atoms with Crippen molar-refractivity contribution in [3.05, 3.63) is 53.7 Å². The third-order valence-electron chi connectivity index (χ3n) is 4.63. The second kappa shape index (κ2) is 5.06. The van der Waals surface area contributed by atoms with Crippen molar-refractivity contribution < 1.29 is 0 Å². The Morgan fingerprint density at radius 1 is 1.09 bits per heavy atom. The van der Waals surface area contributed by atoms with E-state index in [0.717, 1.165) is 23.4 Å². The Kier molecular flexibility index (Phi) is 3.02. The second-order valence-corrected chi connectivity index (χ2v) is 6.24. The summed E-state index contributed by atoms with van der Waals surface area (Å²) in [5.74, 6) is 0.799. The summed E-state index contributed by atoms with van der Waals surface area (Å²) >= 11 is 0. The average molecular weight is 302 g/mol. The van der Waals surface area contributed by atoms with Gasteiger partial charge >= 0.3 is 0 Å². The van der Waals surface area contributed by atoms with Crippen molar-refractivity contribution in [3.63, 3.8) is 0 Å². The summed E-state index contributed by atoms with van der Waals surface area (Å²) in [6, 6.07) is 16.4. The van der Waals surface area contributed by atoms with Crippen LogP contribution in [0.3, 0.4) is 0 Å². The number of para-hydroxylation sites is 1. The van der Waals surface area contributed by atoms with E-state index < -0.39 is 0 Å². The Hall–Kier alpha value is -2.93. The lowest BCUT2D eigenvalue weighted by Crippen LogP contribution is -2.07. The lowest BCUT2D eigenvalue weighted by atomic mass is 10.1. The molecule has 2 aromatic carbocycles. The van der Waals surface area contributed by atoms with E-state index in [1.807, 2.05) is 18.2 Å². The highest BCUT2D eigenvalue weighted by Crippen LogP contribution is 2.36. The van der Waals surface area contributed by atoms with E-state index in [0.29, 0.717) is 5.70 Å². The van der Waals surface area contributed by atoms with Crippen LogP contribution in [0.4, 0.5) is 0 Å². The maximum Gasteiger partial charge on any atom is 0.134 e. The fraction of sp³-hybridized carbons (Fsp3) is 0.211. The first-order chi connectivity index (χ1) is 11.2. The molecular formula is C19H18N4. The summed E-state index contributed by atoms with van der Waals surface area (Å²) in [5.41, 5.74) is 15.3. The third-order valence-corrected chi connectivity index (χ3v) is 4.63. The number of fused-ring (bicyclic) bond motifs is 3. The summed E-state index contributed by atoms with van der Waals surface area (Å²) in [4.78, 5) is 0. The fourth-order valence-corrected chi connectivity index (χ4v) is 3.19. The molecule has 3 aromatic rings. The van der Waals surface area contributed by atoms with Crippen LogP contribution < -0.4 is 11.5 Å². The Balaban J connectivity index is 1.98. The maximum atomic E-state index is 8.94. The fourth-order valence-electron chi connectivity index (χ4n) is 3.19. The minimum absolute atomic E-state index is 0.0612. The maximum absolute atomic E-state index is 8.94. The number of benzene rings is 2. The minimum Gasteiger partial charge on any atom is -0.396 e. The van der Waals surface area contributed by atoms with Gasteiger partial charge in [0.15, 0.2) is 0 Å². The molecule has 1 aromatic heterocycles. The number of hydrogen-bond acceptors (Lipinski definition) is 3. The van der Waals surface area contributed by atoms with Gasteiger partial charge in [-0.15, -0.1) is 0 Å². The highest BCUT2D eigenvalue weighted by Gasteiger charge is 2.23. The van der Waals surface area contributed by atoms with Crippen molar-refractivity contribution >= 4 is 27.5 Å². The summed E-state index contributed by atoms with van der Waals surface area (Å²) in [7, 11) is 0. The molecule has 4 N–H and O–H groups in total. The predicted molar refractivity (Wildman–Crippen MR) is 93.1 cm³/mol. The smallest absolute Gasteiger partial charge is 0.134 e. The van der Waals surface area contributed by atoms with Gasteiger partial charge in [-0.2, -0.15) is 5.26 Å². The zero-order valence-electron chi connectivity index (χ0n) is 12.8. The highest BCUT2D eigenvalue weighted by atomic mass is 15.0. The monoisotopic (exact) mass is 302 g/mol. The number of nitriles is 1. The summed E-state index contributed by atoms with van der Waals surface area (Å²) in [5, 5.41) is 11.3. The number of nitrogens with zero attached hydrogens (tertiary/aromatic N) is 2. The molecular weight excluding hydrogens is 284 g/mol. The zero-order chi connectivity index (χ0) is 16.0. The van der Waals surface area contributed by atoms with Gasteiger partial charge in [0.2, 0.25) is 0 Å². The van der Waals surface area contributed by atoms with Crippen molar-refractivity contribution in [1.82, 2.24) is 4.57 Å². The molecule has 0 spiro atoms. The molecule has 1 fully saturated rings. The van der Waals surface area contributed by atoms with Gasteiger partial charge in [0, 0.05) is 33.9 Å². The molecule has 23 heavy (non-hydrogen) atoms. The summed E-state index contributed by atoms with van der Waals surface area (Å²) in [6.45, 7) is 1.06. The minimum atomic E-state index is 0.0612. The Morgan fingerprint density at radius 3 is 2.57 bits per heavy atom. The van der Waals surface area contributed by atoms with Gasteiger partial charge in [-0.05, 0) is 37.0 Å². The zero-order valence-corrected chi connectivity index (χ0v) is 12.8. The summed E-state index contributed by atoms with van der Waals surface area (Å²) < 4.78 is 2.40.